The van der Waals surface area contributed by atoms with Gasteiger partial charge in [0.05, 0.1) is 5.56 Å². The zero-order chi connectivity index (χ0) is 17.6. The van der Waals surface area contributed by atoms with E-state index in [9.17, 15) is 9.90 Å². The van der Waals surface area contributed by atoms with Crippen LogP contribution in [0.4, 0.5) is 0 Å². The number of aromatic hydroxyl groups is 1. The van der Waals surface area contributed by atoms with E-state index in [1.165, 1.54) is 0 Å². The molecule has 0 heterocycles. The number of allylic oxidation sites excluding steroid dienone is 1. The Balaban J connectivity index is 2.07. The monoisotopic (exact) mass is 330 g/mol. The Kier molecular flexibility index (Phi) is 5.30. The van der Waals surface area contributed by atoms with Gasteiger partial charge in [-0.1, -0.05) is 67.9 Å². The van der Waals surface area contributed by atoms with Crippen molar-refractivity contribution in [3.63, 3.8) is 0 Å². The Labute approximate surface area is 148 Å². The fourth-order valence-corrected chi connectivity index (χ4v) is 3.02. The summed E-state index contributed by atoms with van der Waals surface area (Å²) < 4.78 is 0. The molecule has 0 aliphatic heterocycles. The number of phenolic OH excluding ortho intramolecular Hbond substituents is 1. The molecule has 25 heavy (non-hydrogen) atoms. The Hall–Kier alpha value is -2.87. The molecule has 3 rings (SSSR count). The highest BCUT2D eigenvalue weighted by Crippen LogP contribution is 2.26. The van der Waals surface area contributed by atoms with E-state index in [0.717, 1.165) is 34.8 Å². The van der Waals surface area contributed by atoms with Crippen LogP contribution in [0.15, 0.2) is 72.3 Å². The molecule has 0 aliphatic carbocycles. The molecule has 1 N–H and O–H groups in total. The zero-order valence-electron chi connectivity index (χ0n) is 14.4. The van der Waals surface area contributed by atoms with Crippen molar-refractivity contribution in [3.05, 3.63) is 83.4 Å². The smallest absolute Gasteiger partial charge is 0.192 e. The van der Waals surface area contributed by atoms with Gasteiger partial charge in [0.25, 0.3) is 0 Å². The van der Waals surface area contributed by atoms with Gasteiger partial charge in [0, 0.05) is 5.57 Å². The molecule has 2 heteroatoms. The SMILES string of the molecule is CCCC/C(=C\c1cccc2ccccc12)C(=O)c1ccccc1O. The van der Waals surface area contributed by atoms with Crippen LogP contribution in [0.5, 0.6) is 5.75 Å². The molecule has 126 valence electrons. The molecule has 3 aromatic carbocycles. The van der Waals surface area contributed by atoms with E-state index in [2.05, 4.69) is 25.1 Å². The third-order valence-corrected chi connectivity index (χ3v) is 4.39. The first-order valence-corrected chi connectivity index (χ1v) is 8.71. The van der Waals surface area contributed by atoms with Crippen molar-refractivity contribution >= 4 is 22.6 Å². The largest absolute Gasteiger partial charge is 0.507 e. The average molecular weight is 330 g/mol. The van der Waals surface area contributed by atoms with Gasteiger partial charge < -0.3 is 5.11 Å². The van der Waals surface area contributed by atoms with Gasteiger partial charge in [-0.25, -0.2) is 0 Å². The number of hydrogen-bond donors (Lipinski definition) is 1. The number of hydrogen-bond acceptors (Lipinski definition) is 2. The minimum Gasteiger partial charge on any atom is -0.507 e. The van der Waals surface area contributed by atoms with Gasteiger partial charge in [0.2, 0.25) is 0 Å². The van der Waals surface area contributed by atoms with Gasteiger partial charge in [0.15, 0.2) is 5.78 Å². The second kappa shape index (κ2) is 7.80. The lowest BCUT2D eigenvalue weighted by molar-refractivity contribution is 0.102. The van der Waals surface area contributed by atoms with Gasteiger partial charge in [-0.05, 0) is 47.4 Å². The van der Waals surface area contributed by atoms with E-state index < -0.39 is 0 Å². The number of unbranched alkanes of at least 4 members (excludes halogenated alkanes) is 1. The first-order valence-electron chi connectivity index (χ1n) is 8.71. The summed E-state index contributed by atoms with van der Waals surface area (Å²) in [5, 5.41) is 12.3. The molecule has 0 unspecified atom stereocenters. The van der Waals surface area contributed by atoms with Gasteiger partial charge in [-0.3, -0.25) is 4.79 Å². The topological polar surface area (TPSA) is 37.3 Å². The second-order valence-corrected chi connectivity index (χ2v) is 6.19. The lowest BCUT2D eigenvalue weighted by Gasteiger charge is -2.10. The second-order valence-electron chi connectivity index (χ2n) is 6.19. The molecule has 0 atom stereocenters. The molecule has 0 amide bonds. The quantitative estimate of drug-likeness (QED) is 0.444. The van der Waals surface area contributed by atoms with Crippen LogP contribution in [0.1, 0.15) is 42.1 Å². The van der Waals surface area contributed by atoms with Crippen LogP contribution in [-0.2, 0) is 0 Å². The van der Waals surface area contributed by atoms with Crippen LogP contribution < -0.4 is 0 Å². The van der Waals surface area contributed by atoms with E-state index in [0.29, 0.717) is 12.0 Å². The lowest BCUT2D eigenvalue weighted by atomic mass is 9.94. The van der Waals surface area contributed by atoms with Crippen molar-refractivity contribution in [1.82, 2.24) is 0 Å². The standard InChI is InChI=1S/C23H22O2/c1-2-3-9-19(23(25)21-14-6-7-15-22(21)24)16-18-12-8-11-17-10-4-5-13-20(17)18/h4-8,10-16,24H,2-3,9H2,1H3/b19-16+. The maximum absolute atomic E-state index is 13.0. The molecule has 0 spiro atoms. The molecule has 0 radical (unpaired) electrons. The lowest BCUT2D eigenvalue weighted by Crippen LogP contribution is -2.04. The summed E-state index contributed by atoms with van der Waals surface area (Å²) >= 11 is 0. The first kappa shape index (κ1) is 17.0. The molecule has 0 saturated carbocycles. The number of carbonyl (C=O) groups is 1. The number of Topliss-reactive ketones (excluding diaryl/α,β-unsaturated/α-hetero) is 1. The van der Waals surface area contributed by atoms with E-state index in [1.807, 2.05) is 30.3 Å². The normalized spacial score (nSPS) is 11.6. The van der Waals surface area contributed by atoms with Gasteiger partial charge in [-0.15, -0.1) is 0 Å². The maximum Gasteiger partial charge on any atom is 0.192 e. The third kappa shape index (κ3) is 3.80. The number of carbonyl (C=O) groups excluding carboxylic acids is 1. The molecule has 0 fully saturated rings. The minimum absolute atomic E-state index is 0.0350. The van der Waals surface area contributed by atoms with E-state index in [1.54, 1.807) is 24.3 Å². The Morgan fingerprint density at radius 2 is 1.68 bits per heavy atom. The highest BCUT2D eigenvalue weighted by molar-refractivity contribution is 6.13. The summed E-state index contributed by atoms with van der Waals surface area (Å²) in [6.07, 6.45) is 4.64. The Bertz CT molecular complexity index is 917. The predicted molar refractivity (Wildman–Crippen MR) is 104 cm³/mol. The summed E-state index contributed by atoms with van der Waals surface area (Å²) in [4.78, 5) is 13.0. The summed E-state index contributed by atoms with van der Waals surface area (Å²) in [5.74, 6) is -0.0627. The van der Waals surface area contributed by atoms with Gasteiger partial charge in [-0.2, -0.15) is 0 Å². The van der Waals surface area contributed by atoms with E-state index in [-0.39, 0.29) is 11.5 Å². The highest BCUT2D eigenvalue weighted by Gasteiger charge is 2.16. The molecule has 0 saturated heterocycles. The van der Waals surface area contributed by atoms with Crippen molar-refractivity contribution in [3.8, 4) is 5.75 Å². The van der Waals surface area contributed by atoms with Crippen LogP contribution in [-0.4, -0.2) is 10.9 Å². The van der Waals surface area contributed by atoms with Crippen LogP contribution in [0, 0.1) is 0 Å². The number of phenols is 1. The predicted octanol–water partition coefficient (Wildman–Crippen LogP) is 6.00. The fraction of sp³-hybridized carbons (Fsp3) is 0.174. The number of ketones is 1. The van der Waals surface area contributed by atoms with Crippen molar-refractivity contribution in [2.75, 3.05) is 0 Å². The number of benzene rings is 3. The van der Waals surface area contributed by atoms with Crippen molar-refractivity contribution in [1.29, 1.82) is 0 Å². The summed E-state index contributed by atoms with van der Waals surface area (Å²) in [6, 6.07) is 21.0. The minimum atomic E-state index is -0.0977. The number of rotatable bonds is 6. The van der Waals surface area contributed by atoms with Crippen molar-refractivity contribution < 1.29 is 9.90 Å². The van der Waals surface area contributed by atoms with Crippen LogP contribution >= 0.6 is 0 Å². The molecule has 2 nitrogen and oxygen atoms in total. The molecular weight excluding hydrogens is 308 g/mol. The summed E-state index contributed by atoms with van der Waals surface area (Å²) in [7, 11) is 0. The van der Waals surface area contributed by atoms with Gasteiger partial charge >= 0.3 is 0 Å². The molecule has 3 aromatic rings. The van der Waals surface area contributed by atoms with E-state index >= 15 is 0 Å². The third-order valence-electron chi connectivity index (χ3n) is 4.39. The summed E-state index contributed by atoms with van der Waals surface area (Å²) in [5.41, 5.74) is 2.14. The Morgan fingerprint density at radius 3 is 2.48 bits per heavy atom. The van der Waals surface area contributed by atoms with Crippen LogP contribution in [0.3, 0.4) is 0 Å². The number of fused-ring (bicyclic) bond motifs is 1. The zero-order valence-corrected chi connectivity index (χ0v) is 14.4. The van der Waals surface area contributed by atoms with Crippen molar-refractivity contribution in [2.24, 2.45) is 0 Å². The van der Waals surface area contributed by atoms with E-state index in [4.69, 9.17) is 0 Å². The van der Waals surface area contributed by atoms with Crippen LogP contribution in [0.25, 0.3) is 16.8 Å². The molecule has 0 aliphatic rings. The van der Waals surface area contributed by atoms with Crippen LogP contribution in [0.2, 0.25) is 0 Å². The van der Waals surface area contributed by atoms with Gasteiger partial charge in [0.1, 0.15) is 5.75 Å². The average Bonchev–Trinajstić information content (AvgIpc) is 2.65. The molecule has 0 bridgehead atoms. The summed E-state index contributed by atoms with van der Waals surface area (Å²) in [6.45, 7) is 2.11. The number of para-hydroxylation sites is 1. The maximum atomic E-state index is 13.0. The highest BCUT2D eigenvalue weighted by atomic mass is 16.3. The van der Waals surface area contributed by atoms with Crippen molar-refractivity contribution in [2.45, 2.75) is 26.2 Å². The molecular formula is C23H22O2. The fourth-order valence-electron chi connectivity index (χ4n) is 3.02. The first-order chi connectivity index (χ1) is 12.2. The molecule has 0 aromatic heterocycles. The Morgan fingerprint density at radius 1 is 0.960 bits per heavy atom.